The fraction of sp³-hybridized carbons (Fsp3) is 0. The van der Waals surface area contributed by atoms with E-state index in [9.17, 15) is 0 Å². The quantitative estimate of drug-likeness (QED) is 0.164. The van der Waals surface area contributed by atoms with Gasteiger partial charge in [-0.3, -0.25) is 0 Å². The maximum atomic E-state index is 8.75. The van der Waals surface area contributed by atoms with Crippen LogP contribution in [0.15, 0.2) is 132 Å². The van der Waals surface area contributed by atoms with Crippen LogP contribution in [-0.2, 0) is 0 Å². The van der Waals surface area contributed by atoms with Crippen LogP contribution in [0.4, 0.5) is 5.69 Å². The molecule has 5 heteroatoms. The first-order valence-electron chi connectivity index (χ1n) is 12.8. The number of nitrogens with zero attached hydrogens (tertiary/aromatic N) is 3. The van der Waals surface area contributed by atoms with Crippen LogP contribution in [0, 0.1) is 11.3 Å². The van der Waals surface area contributed by atoms with Gasteiger partial charge in [0, 0.05) is 31.8 Å². The predicted molar refractivity (Wildman–Crippen MR) is 169 cm³/mol. The molecule has 190 valence electrons. The molecule has 0 amide bonds. The summed E-state index contributed by atoms with van der Waals surface area (Å²) in [6.07, 6.45) is 0. The van der Waals surface area contributed by atoms with Gasteiger partial charge in [-0.2, -0.15) is 5.26 Å². The van der Waals surface area contributed by atoms with E-state index >= 15 is 0 Å². The number of nitrogen functional groups attached to an aromatic ring is 1. The Labute approximate surface area is 240 Å². The van der Waals surface area contributed by atoms with Crippen molar-refractivity contribution in [2.45, 2.75) is 0 Å². The van der Waals surface area contributed by atoms with Crippen LogP contribution in [0.5, 0.6) is 0 Å². The monoisotopic (exact) mass is 578 g/mol. The Hall–Kier alpha value is -5.05. The van der Waals surface area contributed by atoms with Gasteiger partial charge < -0.3 is 5.73 Å². The second-order valence-corrected chi connectivity index (χ2v) is 10.2. The molecule has 0 saturated heterocycles. The molecule has 0 aliphatic rings. The van der Waals surface area contributed by atoms with E-state index in [2.05, 4.69) is 76.6 Å². The van der Waals surface area contributed by atoms with E-state index in [0.29, 0.717) is 11.3 Å². The standard InChI is InChI=1S/C24H15BrN2.C11H8N2/c25-19-11-6-10-18(15-19)24-26-22(17-8-2-1-3-9-17)21-14-13-16-7-4-5-12-20(16)23(21)27-24;12-7-9-6-5-8-3-1-2-4-10(8)11(9)13/h1-15H;1-6H,13H2. The molecule has 0 fully saturated rings. The summed E-state index contributed by atoms with van der Waals surface area (Å²) in [6, 6.07) is 44.6. The highest BCUT2D eigenvalue weighted by Gasteiger charge is 2.13. The molecule has 7 rings (SSSR count). The summed E-state index contributed by atoms with van der Waals surface area (Å²) in [7, 11) is 0. The maximum Gasteiger partial charge on any atom is 0.160 e. The maximum absolute atomic E-state index is 8.75. The third-order valence-electron chi connectivity index (χ3n) is 6.81. The van der Waals surface area contributed by atoms with Crippen LogP contribution in [0.25, 0.3) is 55.1 Å². The molecule has 0 spiro atoms. The lowest BCUT2D eigenvalue weighted by molar-refractivity contribution is 1.23. The van der Waals surface area contributed by atoms with Crippen LogP contribution >= 0.6 is 15.9 Å². The minimum absolute atomic E-state index is 0.540. The third-order valence-corrected chi connectivity index (χ3v) is 7.31. The number of hydrogen-bond acceptors (Lipinski definition) is 4. The van der Waals surface area contributed by atoms with Crippen molar-refractivity contribution in [1.82, 2.24) is 9.97 Å². The van der Waals surface area contributed by atoms with Crippen molar-refractivity contribution in [3.05, 3.63) is 137 Å². The number of rotatable bonds is 2. The molecule has 7 aromatic rings. The van der Waals surface area contributed by atoms with Gasteiger partial charge >= 0.3 is 0 Å². The molecule has 0 radical (unpaired) electrons. The van der Waals surface area contributed by atoms with Gasteiger partial charge in [-0.25, -0.2) is 9.97 Å². The number of anilines is 1. The van der Waals surface area contributed by atoms with Crippen molar-refractivity contribution in [3.8, 4) is 28.7 Å². The van der Waals surface area contributed by atoms with E-state index in [1.54, 1.807) is 6.07 Å². The smallest absolute Gasteiger partial charge is 0.160 e. The van der Waals surface area contributed by atoms with Crippen LogP contribution < -0.4 is 5.73 Å². The third kappa shape index (κ3) is 4.89. The highest BCUT2D eigenvalue weighted by molar-refractivity contribution is 9.10. The topological polar surface area (TPSA) is 75.6 Å². The molecular formula is C35H23BrN4. The van der Waals surface area contributed by atoms with Gasteiger partial charge in [-0.15, -0.1) is 0 Å². The second-order valence-electron chi connectivity index (χ2n) is 9.31. The summed E-state index contributed by atoms with van der Waals surface area (Å²) in [5.41, 5.74) is 11.0. The zero-order chi connectivity index (χ0) is 27.5. The molecule has 40 heavy (non-hydrogen) atoms. The molecule has 0 bridgehead atoms. The molecule has 0 saturated carbocycles. The van der Waals surface area contributed by atoms with Gasteiger partial charge in [0.15, 0.2) is 5.82 Å². The van der Waals surface area contributed by atoms with E-state index < -0.39 is 0 Å². The SMILES string of the molecule is Brc1cccc(-c2nc(-c3ccccc3)c3ccc4ccccc4c3n2)c1.N#Cc1ccc2ccccc2c1N. The number of aromatic nitrogens is 2. The van der Waals surface area contributed by atoms with Crippen molar-refractivity contribution in [2.24, 2.45) is 0 Å². The van der Waals surface area contributed by atoms with Crippen LogP contribution in [0.2, 0.25) is 0 Å². The Morgan fingerprint density at radius 2 is 1.25 bits per heavy atom. The molecule has 0 unspecified atom stereocenters. The van der Waals surface area contributed by atoms with Crippen LogP contribution in [0.1, 0.15) is 5.56 Å². The molecule has 0 aliphatic heterocycles. The molecule has 1 heterocycles. The number of hydrogen-bond donors (Lipinski definition) is 1. The molecule has 2 N–H and O–H groups in total. The van der Waals surface area contributed by atoms with Crippen molar-refractivity contribution in [2.75, 3.05) is 5.73 Å². The van der Waals surface area contributed by atoms with E-state index in [0.717, 1.165) is 54.2 Å². The van der Waals surface area contributed by atoms with Gasteiger partial charge in [0.2, 0.25) is 0 Å². The summed E-state index contributed by atoms with van der Waals surface area (Å²) in [5.74, 6) is 0.735. The zero-order valence-corrected chi connectivity index (χ0v) is 23.0. The van der Waals surface area contributed by atoms with Crippen molar-refractivity contribution >= 4 is 54.1 Å². The van der Waals surface area contributed by atoms with Gasteiger partial charge in [-0.1, -0.05) is 119 Å². The summed E-state index contributed by atoms with van der Waals surface area (Å²) in [5, 5.41) is 14.2. The Balaban J connectivity index is 0.000000187. The first-order chi connectivity index (χ1) is 19.6. The van der Waals surface area contributed by atoms with Crippen LogP contribution in [0.3, 0.4) is 0 Å². The van der Waals surface area contributed by atoms with Gasteiger partial charge in [0.1, 0.15) is 6.07 Å². The summed E-state index contributed by atoms with van der Waals surface area (Å²) >= 11 is 3.56. The Kier molecular flexibility index (Phi) is 6.93. The average molecular weight is 580 g/mol. The Morgan fingerprint density at radius 3 is 2.00 bits per heavy atom. The van der Waals surface area contributed by atoms with Crippen LogP contribution in [-0.4, -0.2) is 9.97 Å². The molecule has 0 aliphatic carbocycles. The van der Waals surface area contributed by atoms with Crippen molar-refractivity contribution < 1.29 is 0 Å². The lowest BCUT2D eigenvalue weighted by Crippen LogP contribution is -1.96. The fourth-order valence-corrected chi connectivity index (χ4v) is 5.23. The van der Waals surface area contributed by atoms with Crippen molar-refractivity contribution in [3.63, 3.8) is 0 Å². The highest BCUT2D eigenvalue weighted by Crippen LogP contribution is 2.33. The molecule has 4 nitrogen and oxygen atoms in total. The number of benzene rings is 6. The molecule has 6 aromatic carbocycles. The molecule has 1 aromatic heterocycles. The number of halogens is 1. The number of nitrogens with two attached hydrogens (primary N) is 1. The summed E-state index contributed by atoms with van der Waals surface area (Å²) in [6.45, 7) is 0. The van der Waals surface area contributed by atoms with Gasteiger partial charge in [-0.05, 0) is 35.0 Å². The van der Waals surface area contributed by atoms with E-state index in [1.165, 1.54) is 5.39 Å². The minimum atomic E-state index is 0.540. The fourth-order valence-electron chi connectivity index (χ4n) is 4.83. The highest BCUT2D eigenvalue weighted by atomic mass is 79.9. The van der Waals surface area contributed by atoms with Gasteiger partial charge in [0.05, 0.1) is 22.5 Å². The second kappa shape index (κ2) is 11.0. The molecular weight excluding hydrogens is 556 g/mol. The van der Waals surface area contributed by atoms with E-state index in [-0.39, 0.29) is 0 Å². The van der Waals surface area contributed by atoms with E-state index in [1.807, 2.05) is 66.7 Å². The number of nitriles is 1. The minimum Gasteiger partial charge on any atom is -0.397 e. The van der Waals surface area contributed by atoms with E-state index in [4.69, 9.17) is 21.0 Å². The first kappa shape index (κ1) is 25.2. The number of fused-ring (bicyclic) bond motifs is 4. The Bertz CT molecular complexity index is 2050. The average Bonchev–Trinajstić information content (AvgIpc) is 3.01. The zero-order valence-electron chi connectivity index (χ0n) is 21.4. The van der Waals surface area contributed by atoms with Crippen molar-refractivity contribution in [1.29, 1.82) is 5.26 Å². The lowest BCUT2D eigenvalue weighted by atomic mass is 10.0. The predicted octanol–water partition coefficient (Wildman–Crippen LogP) is 9.17. The summed E-state index contributed by atoms with van der Waals surface area (Å²) < 4.78 is 1.02. The molecule has 0 atom stereocenters. The summed E-state index contributed by atoms with van der Waals surface area (Å²) in [4.78, 5) is 9.93. The normalized spacial score (nSPS) is 10.7. The largest absolute Gasteiger partial charge is 0.397 e. The lowest BCUT2D eigenvalue weighted by Gasteiger charge is -2.11. The Morgan fingerprint density at radius 1 is 0.600 bits per heavy atom. The first-order valence-corrected chi connectivity index (χ1v) is 13.6. The van der Waals surface area contributed by atoms with Gasteiger partial charge in [0.25, 0.3) is 0 Å².